The molecular formula is C19H22FN5O2. The Labute approximate surface area is 157 Å². The minimum absolute atomic E-state index is 0.0259. The lowest BCUT2D eigenvalue weighted by atomic mass is 10.1. The smallest absolute Gasteiger partial charge is 0.274 e. The monoisotopic (exact) mass is 371 g/mol. The fourth-order valence-corrected chi connectivity index (χ4v) is 2.91. The molecule has 3 rings (SSSR count). The third-order valence-corrected chi connectivity index (χ3v) is 4.53. The summed E-state index contributed by atoms with van der Waals surface area (Å²) in [5.74, 6) is 0.178. The van der Waals surface area contributed by atoms with Gasteiger partial charge in [0.15, 0.2) is 5.69 Å². The molecule has 1 saturated heterocycles. The second-order valence-corrected chi connectivity index (χ2v) is 6.41. The normalized spacial score (nSPS) is 14.1. The number of benzene rings is 1. The maximum Gasteiger partial charge on any atom is 0.274 e. The Bertz CT molecular complexity index is 787. The predicted octanol–water partition coefficient (Wildman–Crippen LogP) is 1.57. The molecule has 1 aliphatic heterocycles. The molecule has 1 N–H and O–H groups in total. The van der Waals surface area contributed by atoms with Crippen LogP contribution < -0.4 is 5.32 Å². The van der Waals surface area contributed by atoms with Gasteiger partial charge in [-0.15, -0.1) is 10.2 Å². The summed E-state index contributed by atoms with van der Waals surface area (Å²) in [6.07, 6.45) is 0.725. The molecule has 0 aliphatic carbocycles. The summed E-state index contributed by atoms with van der Waals surface area (Å²) in [5.41, 5.74) is 1.31. The van der Waals surface area contributed by atoms with Gasteiger partial charge >= 0.3 is 0 Å². The maximum absolute atomic E-state index is 12.9. The van der Waals surface area contributed by atoms with Crippen molar-refractivity contribution in [3.8, 4) is 0 Å². The van der Waals surface area contributed by atoms with E-state index >= 15 is 0 Å². The summed E-state index contributed by atoms with van der Waals surface area (Å²) in [5, 5.41) is 11.2. The van der Waals surface area contributed by atoms with Crippen molar-refractivity contribution in [3.05, 3.63) is 53.5 Å². The standard InChI is InChI=1S/C19H22FN5O2/c1-14(26)24-10-12-25(13-11-24)19(27)17-6-7-18(23-22-17)21-9-8-15-2-4-16(20)5-3-15/h2-7H,8-13H2,1H3,(H,21,23). The number of hydrogen-bond acceptors (Lipinski definition) is 5. The number of nitrogens with one attached hydrogen (secondary N) is 1. The van der Waals surface area contributed by atoms with Gasteiger partial charge in [-0.2, -0.15) is 0 Å². The van der Waals surface area contributed by atoms with Crippen molar-refractivity contribution in [2.24, 2.45) is 0 Å². The highest BCUT2D eigenvalue weighted by molar-refractivity contribution is 5.92. The molecule has 0 radical (unpaired) electrons. The maximum atomic E-state index is 12.9. The van der Waals surface area contributed by atoms with Gasteiger partial charge in [0.2, 0.25) is 5.91 Å². The van der Waals surface area contributed by atoms with Crippen molar-refractivity contribution >= 4 is 17.6 Å². The molecule has 0 unspecified atom stereocenters. The Kier molecular flexibility index (Phi) is 5.95. The number of piperazine rings is 1. The largest absolute Gasteiger partial charge is 0.368 e. The molecule has 2 heterocycles. The van der Waals surface area contributed by atoms with Gasteiger partial charge in [-0.1, -0.05) is 12.1 Å². The number of aromatic nitrogens is 2. The van der Waals surface area contributed by atoms with E-state index in [1.165, 1.54) is 19.1 Å². The second kappa shape index (κ2) is 8.57. The van der Waals surface area contributed by atoms with Crippen LogP contribution in [0.4, 0.5) is 10.2 Å². The Morgan fingerprint density at radius 1 is 1.00 bits per heavy atom. The van der Waals surface area contributed by atoms with Gasteiger partial charge in [0.25, 0.3) is 5.91 Å². The number of rotatable bonds is 5. The van der Waals surface area contributed by atoms with Crippen LogP contribution >= 0.6 is 0 Å². The topological polar surface area (TPSA) is 78.4 Å². The third kappa shape index (κ3) is 4.99. The van der Waals surface area contributed by atoms with Gasteiger partial charge in [0.05, 0.1) is 0 Å². The van der Waals surface area contributed by atoms with E-state index in [1.807, 2.05) is 0 Å². The second-order valence-electron chi connectivity index (χ2n) is 6.41. The molecule has 7 nitrogen and oxygen atoms in total. The van der Waals surface area contributed by atoms with Crippen LogP contribution in [0.1, 0.15) is 23.0 Å². The summed E-state index contributed by atoms with van der Waals surface area (Å²) in [7, 11) is 0. The average Bonchev–Trinajstić information content (AvgIpc) is 2.69. The molecule has 1 fully saturated rings. The van der Waals surface area contributed by atoms with Crippen molar-refractivity contribution < 1.29 is 14.0 Å². The molecule has 27 heavy (non-hydrogen) atoms. The Hall–Kier alpha value is -3.03. The van der Waals surface area contributed by atoms with E-state index < -0.39 is 0 Å². The molecule has 2 aromatic rings. The summed E-state index contributed by atoms with van der Waals surface area (Å²) >= 11 is 0. The molecule has 0 saturated carbocycles. The molecule has 0 atom stereocenters. The quantitative estimate of drug-likeness (QED) is 0.863. The lowest BCUT2D eigenvalue weighted by molar-refractivity contribution is -0.130. The highest BCUT2D eigenvalue weighted by atomic mass is 19.1. The van der Waals surface area contributed by atoms with Crippen LogP contribution in [-0.4, -0.2) is 64.5 Å². The molecular weight excluding hydrogens is 349 g/mol. The minimum Gasteiger partial charge on any atom is -0.368 e. The highest BCUT2D eigenvalue weighted by Gasteiger charge is 2.24. The molecule has 1 aromatic heterocycles. The number of carbonyl (C=O) groups excluding carboxylic acids is 2. The molecule has 142 valence electrons. The first-order chi connectivity index (χ1) is 13.0. The number of anilines is 1. The van der Waals surface area contributed by atoms with E-state index in [9.17, 15) is 14.0 Å². The molecule has 2 amide bonds. The molecule has 1 aromatic carbocycles. The number of hydrogen-bond donors (Lipinski definition) is 1. The van der Waals surface area contributed by atoms with Crippen LogP contribution in [-0.2, 0) is 11.2 Å². The fraction of sp³-hybridized carbons (Fsp3) is 0.368. The van der Waals surface area contributed by atoms with Gasteiger partial charge in [0.1, 0.15) is 11.6 Å². The first-order valence-electron chi connectivity index (χ1n) is 8.90. The van der Waals surface area contributed by atoms with E-state index in [1.54, 1.807) is 34.1 Å². The van der Waals surface area contributed by atoms with Crippen molar-refractivity contribution in [3.63, 3.8) is 0 Å². The van der Waals surface area contributed by atoms with Crippen LogP contribution in [0.25, 0.3) is 0 Å². The molecule has 0 bridgehead atoms. The Morgan fingerprint density at radius 2 is 1.67 bits per heavy atom. The van der Waals surface area contributed by atoms with Gasteiger partial charge in [-0.05, 0) is 36.2 Å². The zero-order valence-electron chi connectivity index (χ0n) is 15.2. The van der Waals surface area contributed by atoms with E-state index in [4.69, 9.17) is 0 Å². The van der Waals surface area contributed by atoms with Gasteiger partial charge in [-0.3, -0.25) is 9.59 Å². The van der Waals surface area contributed by atoms with Gasteiger partial charge < -0.3 is 15.1 Å². The molecule has 0 spiro atoms. The van der Waals surface area contributed by atoms with Crippen LogP contribution in [0.2, 0.25) is 0 Å². The number of halogens is 1. The first-order valence-corrected chi connectivity index (χ1v) is 8.90. The molecule has 8 heteroatoms. The van der Waals surface area contributed by atoms with Crippen LogP contribution in [0.5, 0.6) is 0 Å². The van der Waals surface area contributed by atoms with Crippen molar-refractivity contribution in [2.45, 2.75) is 13.3 Å². The summed E-state index contributed by atoms with van der Waals surface area (Å²) in [6, 6.07) is 9.73. The first kappa shape index (κ1) is 18.8. The van der Waals surface area contributed by atoms with Crippen LogP contribution in [0.15, 0.2) is 36.4 Å². The zero-order chi connectivity index (χ0) is 19.2. The van der Waals surface area contributed by atoms with Gasteiger partial charge in [0, 0.05) is 39.6 Å². The number of carbonyl (C=O) groups is 2. The summed E-state index contributed by atoms with van der Waals surface area (Å²) < 4.78 is 12.9. The van der Waals surface area contributed by atoms with E-state index in [0.717, 1.165) is 12.0 Å². The minimum atomic E-state index is -0.250. The number of nitrogens with zero attached hydrogens (tertiary/aromatic N) is 4. The van der Waals surface area contributed by atoms with Crippen molar-refractivity contribution in [1.82, 2.24) is 20.0 Å². The predicted molar refractivity (Wildman–Crippen MR) is 98.8 cm³/mol. The van der Waals surface area contributed by atoms with Crippen molar-refractivity contribution in [2.75, 3.05) is 38.0 Å². The number of amides is 2. The van der Waals surface area contributed by atoms with Crippen molar-refractivity contribution in [1.29, 1.82) is 0 Å². The van der Waals surface area contributed by atoms with Gasteiger partial charge in [-0.25, -0.2) is 4.39 Å². The average molecular weight is 371 g/mol. The highest BCUT2D eigenvalue weighted by Crippen LogP contribution is 2.09. The summed E-state index contributed by atoms with van der Waals surface area (Å²) in [4.78, 5) is 27.2. The third-order valence-electron chi connectivity index (χ3n) is 4.53. The zero-order valence-corrected chi connectivity index (χ0v) is 15.2. The Morgan fingerprint density at radius 3 is 2.26 bits per heavy atom. The van der Waals surface area contributed by atoms with E-state index in [-0.39, 0.29) is 23.3 Å². The van der Waals surface area contributed by atoms with E-state index in [2.05, 4.69) is 15.5 Å². The van der Waals surface area contributed by atoms with E-state index in [0.29, 0.717) is 38.5 Å². The van der Waals surface area contributed by atoms with Crippen LogP contribution in [0, 0.1) is 5.82 Å². The lowest BCUT2D eigenvalue weighted by Gasteiger charge is -2.33. The fourth-order valence-electron chi connectivity index (χ4n) is 2.91. The molecule has 1 aliphatic rings. The van der Waals surface area contributed by atoms with Crippen LogP contribution in [0.3, 0.4) is 0 Å². The Balaban J connectivity index is 1.48. The lowest BCUT2D eigenvalue weighted by Crippen LogP contribution is -2.50. The SMILES string of the molecule is CC(=O)N1CCN(C(=O)c2ccc(NCCc3ccc(F)cc3)nn2)CC1. The summed E-state index contributed by atoms with van der Waals surface area (Å²) in [6.45, 7) is 4.23.